The van der Waals surface area contributed by atoms with Crippen molar-refractivity contribution in [2.75, 3.05) is 0 Å². The van der Waals surface area contributed by atoms with Crippen LogP contribution in [0.25, 0.3) is 0 Å². The second-order valence-electron chi connectivity index (χ2n) is 5.05. The first-order valence-electron chi connectivity index (χ1n) is 5.72. The third-order valence-corrected chi connectivity index (χ3v) is 2.85. The van der Waals surface area contributed by atoms with Crippen LogP contribution in [0.2, 0.25) is 0 Å². The predicted octanol–water partition coefficient (Wildman–Crippen LogP) is 0.266. The maximum atomic E-state index is 11.4. The number of amides is 1. The van der Waals surface area contributed by atoms with Crippen molar-refractivity contribution in [1.82, 2.24) is 5.32 Å². The highest BCUT2D eigenvalue weighted by Crippen LogP contribution is 2.27. The van der Waals surface area contributed by atoms with Crippen molar-refractivity contribution in [2.24, 2.45) is 5.73 Å². The third-order valence-electron chi connectivity index (χ3n) is 2.85. The van der Waals surface area contributed by atoms with Crippen molar-refractivity contribution in [3.63, 3.8) is 0 Å². The van der Waals surface area contributed by atoms with Crippen LogP contribution in [0.1, 0.15) is 40.5 Å². The van der Waals surface area contributed by atoms with E-state index in [2.05, 4.69) is 11.9 Å². The minimum atomic E-state index is -1.58. The first-order valence-corrected chi connectivity index (χ1v) is 5.72. The van der Waals surface area contributed by atoms with Crippen molar-refractivity contribution in [3.8, 4) is 0 Å². The minimum Gasteiger partial charge on any atom is -0.383 e. The number of aliphatic hydroxyl groups is 2. The van der Waals surface area contributed by atoms with Gasteiger partial charge in [-0.15, -0.1) is 0 Å². The van der Waals surface area contributed by atoms with Gasteiger partial charge in [-0.2, -0.15) is 0 Å². The van der Waals surface area contributed by atoms with Gasteiger partial charge in [-0.25, -0.2) is 0 Å². The highest BCUT2D eigenvalue weighted by atomic mass is 16.4. The van der Waals surface area contributed by atoms with Crippen molar-refractivity contribution in [1.29, 1.82) is 0 Å². The number of nitrogens with one attached hydrogen (secondary N) is 1. The van der Waals surface area contributed by atoms with E-state index in [1.165, 1.54) is 6.92 Å². The Morgan fingerprint density at radius 1 is 1.53 bits per heavy atom. The predicted molar refractivity (Wildman–Crippen MR) is 67.1 cm³/mol. The van der Waals surface area contributed by atoms with Crippen LogP contribution in [0.3, 0.4) is 0 Å². The van der Waals surface area contributed by atoms with Gasteiger partial charge in [0.05, 0.1) is 0 Å². The van der Waals surface area contributed by atoms with Gasteiger partial charge in [0.2, 0.25) is 5.91 Å². The molecule has 2 unspecified atom stereocenters. The Morgan fingerprint density at radius 3 is 2.29 bits per heavy atom. The SMILES string of the molecule is C=C(C)C(=O)NC(O)C(O)(CCC)C(C)(C)N. The van der Waals surface area contributed by atoms with Crippen molar-refractivity contribution < 1.29 is 15.0 Å². The summed E-state index contributed by atoms with van der Waals surface area (Å²) in [4.78, 5) is 11.4. The Balaban J connectivity index is 4.96. The van der Waals surface area contributed by atoms with Gasteiger partial charge in [0.25, 0.3) is 0 Å². The van der Waals surface area contributed by atoms with Gasteiger partial charge in [0.15, 0.2) is 6.23 Å². The molecule has 0 aromatic rings. The van der Waals surface area contributed by atoms with Crippen LogP contribution >= 0.6 is 0 Å². The van der Waals surface area contributed by atoms with Crippen LogP contribution in [-0.4, -0.2) is 33.5 Å². The molecule has 0 saturated carbocycles. The Hall–Kier alpha value is -0.910. The number of carbonyl (C=O) groups is 1. The molecule has 0 aliphatic rings. The molecule has 0 aromatic heterocycles. The maximum absolute atomic E-state index is 11.4. The van der Waals surface area contributed by atoms with Crippen LogP contribution in [0.4, 0.5) is 0 Å². The second-order valence-corrected chi connectivity index (χ2v) is 5.05. The lowest BCUT2D eigenvalue weighted by Crippen LogP contribution is -2.67. The van der Waals surface area contributed by atoms with Crippen molar-refractivity contribution >= 4 is 5.91 Å². The van der Waals surface area contributed by atoms with Crippen LogP contribution < -0.4 is 11.1 Å². The summed E-state index contributed by atoms with van der Waals surface area (Å²) < 4.78 is 0. The lowest BCUT2D eigenvalue weighted by molar-refractivity contribution is -0.146. The average Bonchev–Trinajstić information content (AvgIpc) is 2.15. The number of rotatable bonds is 6. The topological polar surface area (TPSA) is 95.6 Å². The molecule has 5 nitrogen and oxygen atoms in total. The van der Waals surface area contributed by atoms with Gasteiger partial charge in [-0.05, 0) is 27.2 Å². The molecule has 0 aliphatic carbocycles. The molecule has 100 valence electrons. The molecule has 0 bridgehead atoms. The van der Waals surface area contributed by atoms with E-state index >= 15 is 0 Å². The molecular weight excluding hydrogens is 220 g/mol. The fourth-order valence-corrected chi connectivity index (χ4v) is 1.56. The smallest absolute Gasteiger partial charge is 0.248 e. The molecule has 1 amide bonds. The molecule has 17 heavy (non-hydrogen) atoms. The van der Waals surface area contributed by atoms with Crippen molar-refractivity contribution in [2.45, 2.75) is 57.9 Å². The standard InChI is InChI=1S/C12H24N2O3/c1-6-7-12(17,11(4,5)13)10(16)14-9(15)8(2)3/h10,16-17H,2,6-7,13H2,1,3-5H3,(H,14,15). The van der Waals surface area contributed by atoms with E-state index < -0.39 is 23.3 Å². The Labute approximate surface area is 103 Å². The summed E-state index contributed by atoms with van der Waals surface area (Å²) in [6.45, 7) is 10.1. The van der Waals surface area contributed by atoms with Crippen LogP contribution in [-0.2, 0) is 4.79 Å². The van der Waals surface area contributed by atoms with E-state index in [1.54, 1.807) is 13.8 Å². The second kappa shape index (κ2) is 5.62. The van der Waals surface area contributed by atoms with Crippen molar-refractivity contribution in [3.05, 3.63) is 12.2 Å². The Kier molecular flexibility index (Phi) is 5.32. The monoisotopic (exact) mass is 244 g/mol. The zero-order chi connectivity index (χ0) is 13.9. The molecule has 0 aromatic carbocycles. The molecule has 0 heterocycles. The Bertz CT molecular complexity index is 297. The van der Waals surface area contributed by atoms with Gasteiger partial charge >= 0.3 is 0 Å². The number of hydrogen-bond acceptors (Lipinski definition) is 4. The highest BCUT2D eigenvalue weighted by Gasteiger charge is 2.46. The van der Waals surface area contributed by atoms with Gasteiger partial charge in [-0.1, -0.05) is 19.9 Å². The van der Waals surface area contributed by atoms with E-state index in [4.69, 9.17) is 5.73 Å². The number of hydrogen-bond donors (Lipinski definition) is 4. The molecule has 2 atom stereocenters. The quantitative estimate of drug-likeness (QED) is 0.398. The average molecular weight is 244 g/mol. The zero-order valence-electron chi connectivity index (χ0n) is 11.1. The summed E-state index contributed by atoms with van der Waals surface area (Å²) in [5.41, 5.74) is 3.52. The summed E-state index contributed by atoms with van der Waals surface area (Å²) in [6.07, 6.45) is -0.503. The fraction of sp³-hybridized carbons (Fsp3) is 0.750. The third kappa shape index (κ3) is 3.80. The number of aliphatic hydroxyl groups excluding tert-OH is 1. The lowest BCUT2D eigenvalue weighted by atomic mass is 9.78. The van der Waals surface area contributed by atoms with Crippen LogP contribution in [0.5, 0.6) is 0 Å². The molecule has 0 fully saturated rings. The zero-order valence-corrected chi connectivity index (χ0v) is 11.1. The first-order chi connectivity index (χ1) is 7.56. The summed E-state index contributed by atoms with van der Waals surface area (Å²) in [6, 6.07) is 0. The molecule has 5 N–H and O–H groups in total. The first kappa shape index (κ1) is 16.1. The summed E-state index contributed by atoms with van der Waals surface area (Å²) in [5.74, 6) is -0.503. The summed E-state index contributed by atoms with van der Waals surface area (Å²) >= 11 is 0. The summed E-state index contributed by atoms with van der Waals surface area (Å²) in [7, 11) is 0. The molecular formula is C12H24N2O3. The molecule has 5 heteroatoms. The molecule has 0 radical (unpaired) electrons. The molecule has 0 rings (SSSR count). The van der Waals surface area contributed by atoms with Crippen LogP contribution in [0, 0.1) is 0 Å². The Morgan fingerprint density at radius 2 is 2.00 bits per heavy atom. The number of nitrogens with two attached hydrogens (primary N) is 1. The van der Waals surface area contributed by atoms with Gasteiger partial charge in [0, 0.05) is 11.1 Å². The lowest BCUT2D eigenvalue weighted by Gasteiger charge is -2.43. The normalized spacial score (nSPS) is 17.1. The molecule has 0 spiro atoms. The van der Waals surface area contributed by atoms with E-state index in [0.717, 1.165) is 0 Å². The summed E-state index contributed by atoms with van der Waals surface area (Å²) in [5, 5.41) is 22.7. The van der Waals surface area contributed by atoms with E-state index in [0.29, 0.717) is 6.42 Å². The minimum absolute atomic E-state index is 0.262. The maximum Gasteiger partial charge on any atom is 0.248 e. The van der Waals surface area contributed by atoms with E-state index in [9.17, 15) is 15.0 Å². The highest BCUT2D eigenvalue weighted by molar-refractivity contribution is 5.92. The molecule has 0 aliphatic heterocycles. The van der Waals surface area contributed by atoms with Gasteiger partial charge < -0.3 is 21.3 Å². The van der Waals surface area contributed by atoms with E-state index in [1.807, 2.05) is 6.92 Å². The van der Waals surface area contributed by atoms with Gasteiger partial charge in [-0.3, -0.25) is 4.79 Å². The fourth-order valence-electron chi connectivity index (χ4n) is 1.56. The largest absolute Gasteiger partial charge is 0.383 e. The molecule has 0 saturated heterocycles. The number of carbonyl (C=O) groups excluding carboxylic acids is 1. The van der Waals surface area contributed by atoms with E-state index in [-0.39, 0.29) is 12.0 Å². The van der Waals surface area contributed by atoms with Gasteiger partial charge in [0.1, 0.15) is 5.60 Å². The van der Waals surface area contributed by atoms with Crippen LogP contribution in [0.15, 0.2) is 12.2 Å².